The highest BCUT2D eigenvalue weighted by atomic mass is 32.2. The predicted molar refractivity (Wildman–Crippen MR) is 168 cm³/mol. The van der Waals surface area contributed by atoms with Crippen LogP contribution in [0.15, 0.2) is 24.3 Å². The first-order valence-corrected chi connectivity index (χ1v) is 17.7. The van der Waals surface area contributed by atoms with Crippen molar-refractivity contribution in [1.29, 1.82) is 0 Å². The van der Waals surface area contributed by atoms with Crippen molar-refractivity contribution in [3.63, 3.8) is 0 Å². The molecule has 1 aromatic rings. The summed E-state index contributed by atoms with van der Waals surface area (Å²) in [5, 5.41) is 18.4. The van der Waals surface area contributed by atoms with Crippen molar-refractivity contribution in [2.24, 2.45) is 11.8 Å². The van der Waals surface area contributed by atoms with Crippen molar-refractivity contribution in [3.8, 4) is 0 Å². The zero-order valence-electron chi connectivity index (χ0n) is 26.8. The number of carbonyl (C=O) groups excluding carboxylic acids is 4. The number of hydrogen-bond donors (Lipinski definition) is 4. The molecule has 4 amide bonds. The van der Waals surface area contributed by atoms with E-state index in [1.54, 1.807) is 25.7 Å². The Balaban J connectivity index is 1.49. The Morgan fingerprint density at radius 2 is 1.74 bits per heavy atom. The lowest BCUT2D eigenvalue weighted by molar-refractivity contribution is -0.130. The van der Waals surface area contributed by atoms with Gasteiger partial charge in [-0.1, -0.05) is 50.3 Å². The molecule has 1 aliphatic carbocycles. The summed E-state index contributed by atoms with van der Waals surface area (Å²) in [5.41, 5.74) is -1.67. The van der Waals surface area contributed by atoms with E-state index in [1.807, 2.05) is 24.3 Å². The van der Waals surface area contributed by atoms with Crippen LogP contribution in [0.1, 0.15) is 96.5 Å². The fourth-order valence-corrected chi connectivity index (χ4v) is 7.31. The van der Waals surface area contributed by atoms with E-state index in [-0.39, 0.29) is 30.6 Å². The Labute approximate surface area is 270 Å². The Bertz CT molecular complexity index is 1370. The molecule has 2 aliphatic heterocycles. The van der Waals surface area contributed by atoms with Gasteiger partial charge in [0.15, 0.2) is 5.44 Å². The highest BCUT2D eigenvalue weighted by Crippen LogP contribution is 2.38. The minimum atomic E-state index is -5.22. The zero-order valence-corrected chi connectivity index (χ0v) is 27.6. The van der Waals surface area contributed by atoms with Gasteiger partial charge in [0.05, 0.1) is 11.7 Å². The summed E-state index contributed by atoms with van der Waals surface area (Å²) in [5.74, 6) is -2.24. The highest BCUT2D eigenvalue weighted by Gasteiger charge is 2.37. The summed E-state index contributed by atoms with van der Waals surface area (Å²) in [6, 6.07) is 4.74. The number of ether oxygens (including phenoxy) is 1. The first-order chi connectivity index (χ1) is 21.6. The van der Waals surface area contributed by atoms with Gasteiger partial charge in [-0.3, -0.25) is 19.3 Å². The van der Waals surface area contributed by atoms with Gasteiger partial charge in [0.25, 0.3) is 0 Å². The third-order valence-electron chi connectivity index (χ3n) is 9.03. The van der Waals surface area contributed by atoms with E-state index in [4.69, 9.17) is 4.74 Å². The molecule has 2 fully saturated rings. The third-order valence-corrected chi connectivity index (χ3v) is 9.95. The fourth-order valence-electron chi connectivity index (χ4n) is 6.73. The van der Waals surface area contributed by atoms with Crippen LogP contribution in [0.5, 0.6) is 0 Å². The number of hydrogen-bond acceptors (Lipinski definition) is 9. The average molecular weight is 664 g/mol. The van der Waals surface area contributed by atoms with Crippen molar-refractivity contribution in [2.45, 2.75) is 114 Å². The summed E-state index contributed by atoms with van der Waals surface area (Å²) in [7, 11) is -5.22. The lowest BCUT2D eigenvalue weighted by Gasteiger charge is -2.35. The molecular weight excluding hydrogens is 616 g/mol. The van der Waals surface area contributed by atoms with Crippen LogP contribution in [0.2, 0.25) is 0 Å². The van der Waals surface area contributed by atoms with Gasteiger partial charge in [0, 0.05) is 25.4 Å². The smallest absolute Gasteiger partial charge is 0.414 e. The molecule has 2 heterocycles. The summed E-state index contributed by atoms with van der Waals surface area (Å²) in [6.07, 6.45) is 5.31. The number of rotatable bonds is 11. The van der Waals surface area contributed by atoms with Crippen molar-refractivity contribution >= 4 is 39.6 Å². The van der Waals surface area contributed by atoms with Crippen molar-refractivity contribution in [1.82, 2.24) is 16.0 Å². The van der Waals surface area contributed by atoms with Gasteiger partial charge in [-0.15, -0.1) is 0 Å². The number of nitrogens with one attached hydrogen (secondary N) is 3. The molecule has 0 bridgehead atoms. The number of amides is 4. The minimum absolute atomic E-state index is 0.0385. The highest BCUT2D eigenvalue weighted by molar-refractivity contribution is 7.86. The van der Waals surface area contributed by atoms with Crippen LogP contribution in [-0.2, 0) is 29.2 Å². The normalized spacial score (nSPS) is 22.6. The molecular formula is C32H47N4O9S-. The second-order valence-electron chi connectivity index (χ2n) is 13.8. The first-order valence-electron chi connectivity index (χ1n) is 16.2. The standard InChI is InChI=1S/C32H48N4O9S/c1-32(2,3)45-31(41)36-16-14-21(23-11-7-8-12-26(23)36)19-27(37)34-24(17-20-9-5-4-6-10-20)29(39)35-25(30(40)46(42,43)44)18-22-13-15-33-28(22)38/h7-8,11-12,20-22,24-25,30,40H,4-6,9-10,13-19H2,1-3H3,(H,33,38)(H,34,37)(H,35,39)(H,42,43,44)/p-1/t21?,22-,24-,25-,30?/m0/s1. The minimum Gasteiger partial charge on any atom is -0.746 e. The molecule has 256 valence electrons. The monoisotopic (exact) mass is 663 g/mol. The van der Waals surface area contributed by atoms with Crippen molar-refractivity contribution in [2.75, 3.05) is 18.0 Å². The summed E-state index contributed by atoms with van der Waals surface area (Å²) in [6.45, 7) is 6.09. The van der Waals surface area contributed by atoms with Gasteiger partial charge >= 0.3 is 6.09 Å². The molecule has 5 atom stereocenters. The molecule has 2 unspecified atom stereocenters. The maximum atomic E-state index is 13.7. The summed E-state index contributed by atoms with van der Waals surface area (Å²) < 4.78 is 40.9. The molecule has 0 radical (unpaired) electrons. The van der Waals surface area contributed by atoms with Crippen LogP contribution < -0.4 is 20.9 Å². The predicted octanol–water partition coefficient (Wildman–Crippen LogP) is 2.64. The number of anilines is 1. The number of fused-ring (bicyclic) bond motifs is 1. The van der Waals surface area contributed by atoms with Gasteiger partial charge in [-0.2, -0.15) is 0 Å². The SMILES string of the molecule is CC(C)(C)OC(=O)N1CCC(CC(=O)N[C@@H](CC2CCCCC2)C(=O)N[C@@H](C[C@@H]2CCNC2=O)C(O)S(=O)(=O)[O-])c2ccccc21. The van der Waals surface area contributed by atoms with Crippen LogP contribution in [0.4, 0.5) is 10.5 Å². The number of aliphatic hydroxyl groups is 1. The van der Waals surface area contributed by atoms with Crippen LogP contribution in [0.25, 0.3) is 0 Å². The number of nitrogens with zero attached hydrogens (tertiary/aromatic N) is 1. The average Bonchev–Trinajstić information content (AvgIpc) is 3.39. The maximum absolute atomic E-state index is 13.7. The van der Waals surface area contributed by atoms with Gasteiger partial charge in [-0.05, 0) is 69.9 Å². The van der Waals surface area contributed by atoms with E-state index in [1.165, 1.54) is 0 Å². The molecule has 1 saturated carbocycles. The molecule has 13 nitrogen and oxygen atoms in total. The molecule has 0 aromatic heterocycles. The topological polar surface area (TPSA) is 194 Å². The van der Waals surface area contributed by atoms with E-state index in [0.29, 0.717) is 38.0 Å². The van der Waals surface area contributed by atoms with Crippen molar-refractivity contribution in [3.05, 3.63) is 29.8 Å². The van der Waals surface area contributed by atoms with Gasteiger partial charge in [-0.25, -0.2) is 13.2 Å². The van der Waals surface area contributed by atoms with Gasteiger partial charge in [0.2, 0.25) is 17.7 Å². The Morgan fingerprint density at radius 3 is 2.37 bits per heavy atom. The van der Waals surface area contributed by atoms with Crippen LogP contribution in [0, 0.1) is 11.8 Å². The Morgan fingerprint density at radius 1 is 1.04 bits per heavy atom. The number of para-hydroxylation sites is 1. The van der Waals surface area contributed by atoms with Crippen LogP contribution >= 0.6 is 0 Å². The molecule has 4 rings (SSSR count). The second kappa shape index (κ2) is 15.1. The quantitative estimate of drug-likeness (QED) is 0.258. The summed E-state index contributed by atoms with van der Waals surface area (Å²) >= 11 is 0. The molecule has 1 saturated heterocycles. The second-order valence-corrected chi connectivity index (χ2v) is 15.2. The molecule has 14 heteroatoms. The molecule has 46 heavy (non-hydrogen) atoms. The summed E-state index contributed by atoms with van der Waals surface area (Å²) in [4.78, 5) is 53.9. The zero-order chi connectivity index (χ0) is 33.6. The van der Waals surface area contributed by atoms with Crippen LogP contribution in [-0.4, -0.2) is 78.1 Å². The number of carbonyl (C=O) groups is 4. The lowest BCUT2D eigenvalue weighted by atomic mass is 9.84. The van der Waals surface area contributed by atoms with E-state index >= 15 is 0 Å². The maximum Gasteiger partial charge on any atom is 0.414 e. The molecule has 1 aromatic carbocycles. The van der Waals surface area contributed by atoms with E-state index in [9.17, 15) is 37.3 Å². The Kier molecular flexibility index (Phi) is 11.7. The molecule has 3 aliphatic rings. The van der Waals surface area contributed by atoms with Gasteiger partial charge < -0.3 is 30.3 Å². The third kappa shape index (κ3) is 9.64. The lowest BCUT2D eigenvalue weighted by Crippen LogP contribution is -2.55. The van der Waals surface area contributed by atoms with Crippen LogP contribution in [0.3, 0.4) is 0 Å². The van der Waals surface area contributed by atoms with Crippen molar-refractivity contribution < 1.29 is 42.0 Å². The fraction of sp³-hybridized carbons (Fsp3) is 0.688. The Hall–Kier alpha value is -3.23. The van der Waals surface area contributed by atoms with E-state index in [0.717, 1.165) is 37.7 Å². The molecule has 0 spiro atoms. The van der Waals surface area contributed by atoms with E-state index < -0.39 is 57.1 Å². The molecule has 4 N–H and O–H groups in total. The largest absolute Gasteiger partial charge is 0.746 e. The number of benzene rings is 1. The van der Waals surface area contributed by atoms with Gasteiger partial charge in [0.1, 0.15) is 21.8 Å². The van der Waals surface area contributed by atoms with E-state index in [2.05, 4.69) is 16.0 Å². The number of aliphatic hydroxyl groups excluding tert-OH is 1. The first kappa shape index (κ1) is 35.6.